The molecule has 0 radical (unpaired) electrons. The third kappa shape index (κ3) is 5.35. The second-order valence-corrected chi connectivity index (χ2v) is 7.94. The molecular formula is C24H28N2O5. The zero-order valence-corrected chi connectivity index (χ0v) is 17.7. The minimum Gasteiger partial charge on any atom is -0.497 e. The average Bonchev–Trinajstić information content (AvgIpc) is 2.82. The molecule has 0 aliphatic carbocycles. The van der Waals surface area contributed by atoms with Crippen LogP contribution in [0.1, 0.15) is 23.2 Å². The number of carbonyl (C=O) groups is 2. The number of Topliss-reactive ketones (excluding diaryl/α,β-unsaturated/α-hetero) is 1. The molecule has 0 aromatic heterocycles. The summed E-state index contributed by atoms with van der Waals surface area (Å²) in [4.78, 5) is 27.2. The Balaban J connectivity index is 1.18. The van der Waals surface area contributed by atoms with Crippen molar-refractivity contribution in [2.24, 2.45) is 5.92 Å². The van der Waals surface area contributed by atoms with Gasteiger partial charge in [-0.05, 0) is 62.3 Å². The summed E-state index contributed by atoms with van der Waals surface area (Å²) in [5, 5.41) is 2.94. The molecule has 164 valence electrons. The predicted octanol–water partition coefficient (Wildman–Crippen LogP) is 2.55. The number of piperidine rings is 1. The van der Waals surface area contributed by atoms with Crippen molar-refractivity contribution < 1.29 is 23.8 Å². The van der Waals surface area contributed by atoms with Crippen molar-refractivity contribution in [1.29, 1.82) is 0 Å². The number of hydrogen-bond donors (Lipinski definition) is 1. The third-order valence-electron chi connectivity index (χ3n) is 5.79. The number of amides is 1. The highest BCUT2D eigenvalue weighted by Crippen LogP contribution is 2.30. The number of rotatable bonds is 7. The molecule has 7 heteroatoms. The maximum Gasteiger partial charge on any atom is 0.234 e. The molecule has 0 spiro atoms. The van der Waals surface area contributed by atoms with Crippen molar-refractivity contribution in [2.75, 3.05) is 39.9 Å². The van der Waals surface area contributed by atoms with Crippen molar-refractivity contribution in [3.05, 3.63) is 54.1 Å². The first kappa shape index (κ1) is 21.2. The molecule has 7 nitrogen and oxygen atoms in total. The summed E-state index contributed by atoms with van der Waals surface area (Å²) in [5.74, 6) is 2.31. The maximum absolute atomic E-state index is 12.7. The summed E-state index contributed by atoms with van der Waals surface area (Å²) in [7, 11) is 1.61. The van der Waals surface area contributed by atoms with Gasteiger partial charge in [-0.3, -0.25) is 14.5 Å². The Bertz CT molecular complexity index is 906. The first-order valence-corrected chi connectivity index (χ1v) is 10.7. The highest BCUT2D eigenvalue weighted by Gasteiger charge is 2.27. The number of ketones is 1. The first-order valence-electron chi connectivity index (χ1n) is 10.7. The molecule has 1 fully saturated rings. The van der Waals surface area contributed by atoms with Crippen LogP contribution in [-0.2, 0) is 4.79 Å². The van der Waals surface area contributed by atoms with Gasteiger partial charge in [0.25, 0.3) is 0 Å². The molecule has 1 amide bonds. The van der Waals surface area contributed by atoms with Crippen LogP contribution in [-0.4, -0.2) is 62.6 Å². The Morgan fingerprint density at radius 2 is 1.77 bits per heavy atom. The van der Waals surface area contributed by atoms with Gasteiger partial charge in [-0.25, -0.2) is 0 Å². The van der Waals surface area contributed by atoms with Crippen molar-refractivity contribution in [3.8, 4) is 17.2 Å². The van der Waals surface area contributed by atoms with Crippen LogP contribution >= 0.6 is 0 Å². The first-order chi connectivity index (χ1) is 15.1. The van der Waals surface area contributed by atoms with Gasteiger partial charge in [-0.2, -0.15) is 0 Å². The lowest BCUT2D eigenvalue weighted by Crippen LogP contribution is -2.46. The van der Waals surface area contributed by atoms with Gasteiger partial charge >= 0.3 is 0 Å². The summed E-state index contributed by atoms with van der Waals surface area (Å²) in [6, 6.07) is 14.8. The number of benzene rings is 2. The fourth-order valence-electron chi connectivity index (χ4n) is 3.99. The number of para-hydroxylation sites is 2. The van der Waals surface area contributed by atoms with Crippen LogP contribution in [0.15, 0.2) is 48.5 Å². The van der Waals surface area contributed by atoms with Crippen molar-refractivity contribution >= 4 is 11.7 Å². The molecule has 31 heavy (non-hydrogen) atoms. The summed E-state index contributed by atoms with van der Waals surface area (Å²) < 4.78 is 16.7. The largest absolute Gasteiger partial charge is 0.497 e. The van der Waals surface area contributed by atoms with Crippen molar-refractivity contribution in [2.45, 2.75) is 18.9 Å². The van der Waals surface area contributed by atoms with Gasteiger partial charge in [0.05, 0.1) is 20.2 Å². The quantitative estimate of drug-likeness (QED) is 0.689. The van der Waals surface area contributed by atoms with E-state index in [0.29, 0.717) is 31.0 Å². The standard InChI is InChI=1S/C24H28N2O5/c1-29-19-8-6-17(7-9-19)24(28)18-10-12-26(13-11-18)15-23(27)25-14-20-16-30-21-4-2-3-5-22(21)31-20/h2-9,18,20H,10-16H2,1H3,(H,25,27). The van der Waals surface area contributed by atoms with Gasteiger partial charge in [0, 0.05) is 11.5 Å². The number of ether oxygens (including phenoxy) is 3. The van der Waals surface area contributed by atoms with Gasteiger partial charge < -0.3 is 19.5 Å². The van der Waals surface area contributed by atoms with Crippen LogP contribution in [0.5, 0.6) is 17.2 Å². The van der Waals surface area contributed by atoms with E-state index < -0.39 is 0 Å². The van der Waals surface area contributed by atoms with Crippen LogP contribution in [0, 0.1) is 5.92 Å². The summed E-state index contributed by atoms with van der Waals surface area (Å²) in [6.07, 6.45) is 1.31. The van der Waals surface area contributed by atoms with Gasteiger partial charge in [0.15, 0.2) is 17.3 Å². The predicted molar refractivity (Wildman–Crippen MR) is 116 cm³/mol. The maximum atomic E-state index is 12.7. The van der Waals surface area contributed by atoms with E-state index in [2.05, 4.69) is 10.2 Å². The number of nitrogens with one attached hydrogen (secondary N) is 1. The fraction of sp³-hybridized carbons (Fsp3) is 0.417. The number of carbonyl (C=O) groups excluding carboxylic acids is 2. The monoisotopic (exact) mass is 424 g/mol. The molecule has 2 aliphatic heterocycles. The number of hydrogen-bond acceptors (Lipinski definition) is 6. The minimum atomic E-state index is -0.202. The number of methoxy groups -OCH3 is 1. The average molecular weight is 424 g/mol. The lowest BCUT2D eigenvalue weighted by Gasteiger charge is -2.31. The van der Waals surface area contributed by atoms with E-state index in [9.17, 15) is 9.59 Å². The minimum absolute atomic E-state index is 0.000520. The second kappa shape index (κ2) is 9.83. The fourth-order valence-corrected chi connectivity index (χ4v) is 3.99. The topological polar surface area (TPSA) is 77.1 Å². The van der Waals surface area contributed by atoms with Gasteiger partial charge in [0.1, 0.15) is 18.5 Å². The second-order valence-electron chi connectivity index (χ2n) is 7.94. The number of nitrogens with zero attached hydrogens (tertiary/aromatic N) is 1. The summed E-state index contributed by atoms with van der Waals surface area (Å²) in [5.41, 5.74) is 0.716. The summed E-state index contributed by atoms with van der Waals surface area (Å²) in [6.45, 7) is 2.61. The SMILES string of the molecule is COc1ccc(C(=O)C2CCN(CC(=O)NCC3COc4ccccc4O3)CC2)cc1. The molecule has 2 aromatic rings. The number of fused-ring (bicyclic) bond motifs is 1. The van der Waals surface area contributed by atoms with E-state index in [-0.39, 0.29) is 23.7 Å². The van der Waals surface area contributed by atoms with Crippen LogP contribution in [0.3, 0.4) is 0 Å². The molecule has 2 aromatic carbocycles. The third-order valence-corrected chi connectivity index (χ3v) is 5.79. The Kier molecular flexibility index (Phi) is 6.72. The van der Waals surface area contributed by atoms with Gasteiger partial charge in [-0.1, -0.05) is 12.1 Å². The lowest BCUT2D eigenvalue weighted by molar-refractivity contribution is -0.123. The van der Waals surface area contributed by atoms with E-state index in [1.54, 1.807) is 7.11 Å². The Labute approximate surface area is 182 Å². The summed E-state index contributed by atoms with van der Waals surface area (Å²) >= 11 is 0. The van der Waals surface area contributed by atoms with Crippen LogP contribution in [0.4, 0.5) is 0 Å². The molecule has 1 atom stereocenters. The molecule has 0 saturated carbocycles. The van der Waals surface area contributed by atoms with Crippen LogP contribution in [0.2, 0.25) is 0 Å². The van der Waals surface area contributed by atoms with Gasteiger partial charge in [-0.15, -0.1) is 0 Å². The molecule has 4 rings (SSSR count). The van der Waals surface area contributed by atoms with Crippen molar-refractivity contribution in [3.63, 3.8) is 0 Å². The normalized spacial score (nSPS) is 18.9. The zero-order chi connectivity index (χ0) is 21.6. The van der Waals surface area contributed by atoms with Crippen molar-refractivity contribution in [1.82, 2.24) is 10.2 Å². The van der Waals surface area contributed by atoms with E-state index in [0.717, 1.165) is 37.4 Å². The molecule has 1 N–H and O–H groups in total. The van der Waals surface area contributed by atoms with Crippen LogP contribution in [0.25, 0.3) is 0 Å². The molecule has 0 bridgehead atoms. The Morgan fingerprint density at radius 3 is 2.48 bits per heavy atom. The molecule has 2 heterocycles. The molecular weight excluding hydrogens is 396 g/mol. The Hall–Kier alpha value is -3.06. The Morgan fingerprint density at radius 1 is 1.06 bits per heavy atom. The van der Waals surface area contributed by atoms with E-state index >= 15 is 0 Å². The van der Waals surface area contributed by atoms with Gasteiger partial charge in [0.2, 0.25) is 5.91 Å². The molecule has 1 saturated heterocycles. The highest BCUT2D eigenvalue weighted by molar-refractivity contribution is 5.98. The lowest BCUT2D eigenvalue weighted by atomic mass is 9.89. The number of likely N-dealkylation sites (tertiary alicyclic amines) is 1. The van der Waals surface area contributed by atoms with E-state index in [4.69, 9.17) is 14.2 Å². The molecule has 2 aliphatic rings. The smallest absolute Gasteiger partial charge is 0.234 e. The highest BCUT2D eigenvalue weighted by atomic mass is 16.6. The van der Waals surface area contributed by atoms with Crippen LogP contribution < -0.4 is 19.5 Å². The van der Waals surface area contributed by atoms with E-state index in [1.807, 2.05) is 48.5 Å². The van der Waals surface area contributed by atoms with E-state index in [1.165, 1.54) is 0 Å². The zero-order valence-electron chi connectivity index (χ0n) is 17.7. The molecule has 1 unspecified atom stereocenters.